The average Bonchev–Trinajstić information content (AvgIpc) is 2.41. The van der Waals surface area contributed by atoms with Crippen LogP contribution in [0.1, 0.15) is 23.2 Å². The fourth-order valence-electron chi connectivity index (χ4n) is 2.30. The summed E-state index contributed by atoms with van der Waals surface area (Å²) < 4.78 is 1.43. The molecule has 5 heteroatoms. The van der Waals surface area contributed by atoms with Crippen molar-refractivity contribution in [2.24, 2.45) is 18.7 Å². The number of aryl methyl sites for hydroxylation is 1. The molecule has 2 N–H and O–H groups in total. The van der Waals surface area contributed by atoms with Crippen LogP contribution in [-0.4, -0.2) is 35.0 Å². The molecule has 2 rings (SSSR count). The lowest BCUT2D eigenvalue weighted by Crippen LogP contribution is -2.42. The van der Waals surface area contributed by atoms with Crippen molar-refractivity contribution >= 4 is 5.91 Å². The molecule has 0 bridgehead atoms. The molecule has 1 aliphatic rings. The lowest BCUT2D eigenvalue weighted by molar-refractivity contribution is 0.0691. The molecule has 0 aromatic carbocycles. The summed E-state index contributed by atoms with van der Waals surface area (Å²) in [4.78, 5) is 25.9. The first-order valence-corrected chi connectivity index (χ1v) is 6.28. The number of aromatic nitrogens is 1. The van der Waals surface area contributed by atoms with Gasteiger partial charge in [-0.3, -0.25) is 9.59 Å². The molecule has 0 aliphatic carbocycles. The fraction of sp³-hybridized carbons (Fsp3) is 0.538. The number of nitrogens with zero attached hydrogens (tertiary/aromatic N) is 2. The van der Waals surface area contributed by atoms with Crippen molar-refractivity contribution < 1.29 is 4.79 Å². The number of carbonyl (C=O) groups excluding carboxylic acids is 1. The summed E-state index contributed by atoms with van der Waals surface area (Å²) in [7, 11) is 1.65. The lowest BCUT2D eigenvalue weighted by Gasteiger charge is -2.31. The maximum atomic E-state index is 12.2. The molecule has 1 saturated heterocycles. The molecule has 0 saturated carbocycles. The van der Waals surface area contributed by atoms with Gasteiger partial charge in [0.25, 0.3) is 11.5 Å². The van der Waals surface area contributed by atoms with E-state index in [2.05, 4.69) is 0 Å². The first-order valence-electron chi connectivity index (χ1n) is 6.28. The second-order valence-corrected chi connectivity index (χ2v) is 4.81. The minimum absolute atomic E-state index is 0.160. The average molecular weight is 249 g/mol. The molecule has 5 nitrogen and oxygen atoms in total. The normalized spacial score (nSPS) is 16.9. The summed E-state index contributed by atoms with van der Waals surface area (Å²) in [6.07, 6.45) is 3.50. The Morgan fingerprint density at radius 1 is 1.44 bits per heavy atom. The van der Waals surface area contributed by atoms with Gasteiger partial charge in [0, 0.05) is 26.3 Å². The van der Waals surface area contributed by atoms with Crippen molar-refractivity contribution in [1.82, 2.24) is 9.47 Å². The SMILES string of the molecule is Cn1cccc(C(=O)N2CCC(CN)CC2)c1=O. The van der Waals surface area contributed by atoms with Gasteiger partial charge >= 0.3 is 0 Å². The van der Waals surface area contributed by atoms with Gasteiger partial charge in [0.1, 0.15) is 5.56 Å². The Bertz CT molecular complexity index is 487. The van der Waals surface area contributed by atoms with Crippen molar-refractivity contribution in [3.05, 3.63) is 34.2 Å². The van der Waals surface area contributed by atoms with Gasteiger partial charge in [-0.05, 0) is 37.4 Å². The topological polar surface area (TPSA) is 68.3 Å². The molecule has 1 aromatic rings. The predicted octanol–water partition coefficient (Wildman–Crippen LogP) is 0.196. The Balaban J connectivity index is 2.13. The Hall–Kier alpha value is -1.62. The second kappa shape index (κ2) is 5.35. The van der Waals surface area contributed by atoms with E-state index in [1.54, 1.807) is 30.3 Å². The third-order valence-electron chi connectivity index (χ3n) is 3.59. The molecule has 1 amide bonds. The van der Waals surface area contributed by atoms with Gasteiger partial charge in [-0.1, -0.05) is 0 Å². The Morgan fingerprint density at radius 3 is 2.72 bits per heavy atom. The quantitative estimate of drug-likeness (QED) is 0.814. The van der Waals surface area contributed by atoms with Gasteiger partial charge in [0.2, 0.25) is 0 Å². The van der Waals surface area contributed by atoms with E-state index in [1.165, 1.54) is 4.57 Å². The number of carbonyl (C=O) groups is 1. The smallest absolute Gasteiger partial charge is 0.263 e. The number of pyridine rings is 1. The van der Waals surface area contributed by atoms with Gasteiger partial charge in [-0.25, -0.2) is 0 Å². The Labute approximate surface area is 106 Å². The second-order valence-electron chi connectivity index (χ2n) is 4.81. The van der Waals surface area contributed by atoms with E-state index in [0.29, 0.717) is 25.6 Å². The summed E-state index contributed by atoms with van der Waals surface area (Å²) in [5.74, 6) is 0.347. The number of rotatable bonds is 2. The van der Waals surface area contributed by atoms with Crippen LogP contribution in [0.25, 0.3) is 0 Å². The summed E-state index contributed by atoms with van der Waals surface area (Å²) in [5.41, 5.74) is 5.65. The maximum Gasteiger partial charge on any atom is 0.263 e. The van der Waals surface area contributed by atoms with E-state index in [0.717, 1.165) is 12.8 Å². The van der Waals surface area contributed by atoms with Gasteiger partial charge in [0.05, 0.1) is 0 Å². The highest BCUT2D eigenvalue weighted by molar-refractivity contribution is 5.93. The van der Waals surface area contributed by atoms with E-state index in [4.69, 9.17) is 5.73 Å². The summed E-state index contributed by atoms with van der Waals surface area (Å²) >= 11 is 0. The van der Waals surface area contributed by atoms with Crippen LogP contribution in [-0.2, 0) is 7.05 Å². The number of nitrogens with two attached hydrogens (primary N) is 1. The monoisotopic (exact) mass is 249 g/mol. The van der Waals surface area contributed by atoms with Crippen molar-refractivity contribution in [2.75, 3.05) is 19.6 Å². The van der Waals surface area contributed by atoms with E-state index in [1.807, 2.05) is 0 Å². The zero-order chi connectivity index (χ0) is 13.1. The third-order valence-corrected chi connectivity index (χ3v) is 3.59. The molecule has 0 spiro atoms. The number of hydrogen-bond acceptors (Lipinski definition) is 3. The standard InChI is InChI=1S/C13H19N3O2/c1-15-6-2-3-11(12(15)17)13(18)16-7-4-10(9-14)5-8-16/h2-3,6,10H,4-5,7-9,14H2,1H3. The molecule has 0 radical (unpaired) electrons. The molecule has 2 heterocycles. The van der Waals surface area contributed by atoms with Crippen LogP contribution < -0.4 is 11.3 Å². The van der Waals surface area contributed by atoms with Crippen LogP contribution in [0.4, 0.5) is 0 Å². The molecule has 1 aromatic heterocycles. The van der Waals surface area contributed by atoms with Crippen LogP contribution in [0, 0.1) is 5.92 Å². The Kier molecular flexibility index (Phi) is 3.81. The molecular weight excluding hydrogens is 230 g/mol. The highest BCUT2D eigenvalue weighted by atomic mass is 16.2. The molecule has 0 atom stereocenters. The largest absolute Gasteiger partial charge is 0.338 e. The van der Waals surface area contributed by atoms with E-state index < -0.39 is 0 Å². The summed E-state index contributed by atoms with van der Waals surface area (Å²) in [5, 5.41) is 0. The molecule has 98 valence electrons. The van der Waals surface area contributed by atoms with E-state index in [-0.39, 0.29) is 17.0 Å². The van der Waals surface area contributed by atoms with Gasteiger partial charge in [-0.15, -0.1) is 0 Å². The zero-order valence-electron chi connectivity index (χ0n) is 10.6. The molecule has 0 unspecified atom stereocenters. The highest BCUT2D eigenvalue weighted by Gasteiger charge is 2.24. The van der Waals surface area contributed by atoms with Crippen LogP contribution in [0.15, 0.2) is 23.1 Å². The Morgan fingerprint density at radius 2 is 2.11 bits per heavy atom. The van der Waals surface area contributed by atoms with Crippen LogP contribution in [0.5, 0.6) is 0 Å². The minimum Gasteiger partial charge on any atom is -0.338 e. The maximum absolute atomic E-state index is 12.2. The molecule has 1 fully saturated rings. The molecule has 18 heavy (non-hydrogen) atoms. The van der Waals surface area contributed by atoms with Crippen molar-refractivity contribution in [3.8, 4) is 0 Å². The van der Waals surface area contributed by atoms with E-state index >= 15 is 0 Å². The first-order chi connectivity index (χ1) is 8.63. The van der Waals surface area contributed by atoms with Gasteiger partial charge < -0.3 is 15.2 Å². The number of piperidine rings is 1. The summed E-state index contributed by atoms with van der Waals surface area (Å²) in [6, 6.07) is 3.32. The third kappa shape index (κ3) is 2.46. The highest BCUT2D eigenvalue weighted by Crippen LogP contribution is 2.17. The molecule has 1 aliphatic heterocycles. The van der Waals surface area contributed by atoms with Crippen LogP contribution in [0.2, 0.25) is 0 Å². The first kappa shape index (κ1) is 12.8. The minimum atomic E-state index is -0.233. The number of amides is 1. The van der Waals surface area contributed by atoms with E-state index in [9.17, 15) is 9.59 Å². The van der Waals surface area contributed by atoms with Crippen molar-refractivity contribution in [3.63, 3.8) is 0 Å². The molecular formula is C13H19N3O2. The number of hydrogen-bond donors (Lipinski definition) is 1. The lowest BCUT2D eigenvalue weighted by atomic mass is 9.97. The van der Waals surface area contributed by atoms with Gasteiger partial charge in [0.15, 0.2) is 0 Å². The fourth-order valence-corrected chi connectivity index (χ4v) is 2.30. The zero-order valence-corrected chi connectivity index (χ0v) is 10.6. The van der Waals surface area contributed by atoms with Crippen LogP contribution >= 0.6 is 0 Å². The van der Waals surface area contributed by atoms with Crippen molar-refractivity contribution in [2.45, 2.75) is 12.8 Å². The number of likely N-dealkylation sites (tertiary alicyclic amines) is 1. The summed E-state index contributed by atoms with van der Waals surface area (Å²) in [6.45, 7) is 2.06. The van der Waals surface area contributed by atoms with Crippen molar-refractivity contribution in [1.29, 1.82) is 0 Å². The van der Waals surface area contributed by atoms with Gasteiger partial charge in [-0.2, -0.15) is 0 Å². The predicted molar refractivity (Wildman–Crippen MR) is 69.4 cm³/mol. The van der Waals surface area contributed by atoms with Crippen LogP contribution in [0.3, 0.4) is 0 Å².